The molecule has 0 saturated heterocycles. The van der Waals surface area contributed by atoms with E-state index >= 15 is 0 Å². The lowest BCUT2D eigenvalue weighted by atomic mass is 9.77. The van der Waals surface area contributed by atoms with Gasteiger partial charge in [-0.1, -0.05) is 36.4 Å². The molecule has 1 aliphatic carbocycles. The van der Waals surface area contributed by atoms with E-state index in [2.05, 4.69) is 6.08 Å². The predicted octanol–water partition coefficient (Wildman–Crippen LogP) is 8.00. The summed E-state index contributed by atoms with van der Waals surface area (Å²) in [6, 6.07) is 10.9. The third-order valence-corrected chi connectivity index (χ3v) is 6.07. The van der Waals surface area contributed by atoms with Gasteiger partial charge in [-0.3, -0.25) is 4.39 Å². The maximum atomic E-state index is 14.5. The molecule has 1 fully saturated rings. The summed E-state index contributed by atoms with van der Waals surface area (Å²) in [4.78, 5) is 0. The van der Waals surface area contributed by atoms with E-state index in [4.69, 9.17) is 4.74 Å². The van der Waals surface area contributed by atoms with Gasteiger partial charge in [0, 0.05) is 5.56 Å². The first-order valence-electron chi connectivity index (χ1n) is 11.1. The van der Waals surface area contributed by atoms with Crippen LogP contribution in [0.5, 0.6) is 5.75 Å². The number of benzene rings is 2. The van der Waals surface area contributed by atoms with Crippen LogP contribution in [0.3, 0.4) is 0 Å². The maximum absolute atomic E-state index is 14.5. The average molecular weight is 417 g/mol. The molecule has 0 aliphatic heterocycles. The lowest BCUT2D eigenvalue weighted by Gasteiger charge is -2.28. The van der Waals surface area contributed by atoms with Crippen LogP contribution in [0, 0.1) is 17.6 Å². The van der Waals surface area contributed by atoms with Gasteiger partial charge in [-0.2, -0.15) is 4.39 Å². The number of hydrogen-bond acceptors (Lipinski definition) is 1. The highest BCUT2D eigenvalue weighted by molar-refractivity contribution is 5.65. The van der Waals surface area contributed by atoms with Crippen molar-refractivity contribution in [1.29, 1.82) is 0 Å². The standard InChI is InChI=1S/C26H31F3O/c1-2-30-24-17-16-23(25(28)26(24)29)22-14-12-21(13-15-22)20-10-8-19(9-11-20)7-5-3-4-6-18-27/h3-4,12-17,19-20H,2,5-11,18H2,1H3/b4-3+. The van der Waals surface area contributed by atoms with Gasteiger partial charge < -0.3 is 4.74 Å². The van der Waals surface area contributed by atoms with Gasteiger partial charge in [0.05, 0.1) is 13.3 Å². The van der Waals surface area contributed by atoms with Gasteiger partial charge >= 0.3 is 0 Å². The molecule has 0 N–H and O–H groups in total. The summed E-state index contributed by atoms with van der Waals surface area (Å²) < 4.78 is 45.8. The Hall–Kier alpha value is -2.23. The van der Waals surface area contributed by atoms with Crippen LogP contribution >= 0.6 is 0 Å². The molecule has 1 nitrogen and oxygen atoms in total. The third kappa shape index (κ3) is 5.68. The van der Waals surface area contributed by atoms with Crippen molar-refractivity contribution >= 4 is 0 Å². The summed E-state index contributed by atoms with van der Waals surface area (Å²) in [7, 11) is 0. The quantitative estimate of drug-likeness (QED) is 0.376. The summed E-state index contributed by atoms with van der Waals surface area (Å²) in [6.07, 6.45) is 11.5. The number of halogens is 3. The van der Waals surface area contributed by atoms with Crippen LogP contribution in [-0.2, 0) is 0 Å². The van der Waals surface area contributed by atoms with E-state index < -0.39 is 11.6 Å². The Kier molecular flexibility index (Phi) is 8.41. The van der Waals surface area contributed by atoms with Gasteiger partial charge in [0.25, 0.3) is 0 Å². The number of ether oxygens (including phenoxy) is 1. The summed E-state index contributed by atoms with van der Waals surface area (Å²) >= 11 is 0. The van der Waals surface area contributed by atoms with Crippen LogP contribution in [0.1, 0.15) is 63.4 Å². The molecule has 0 atom stereocenters. The van der Waals surface area contributed by atoms with Gasteiger partial charge in [-0.25, -0.2) is 4.39 Å². The number of allylic oxidation sites excluding steroid dienone is 2. The van der Waals surface area contributed by atoms with E-state index in [0.29, 0.717) is 24.5 Å². The second kappa shape index (κ2) is 11.2. The zero-order valence-electron chi connectivity index (χ0n) is 17.7. The highest BCUT2D eigenvalue weighted by Crippen LogP contribution is 2.38. The third-order valence-electron chi connectivity index (χ3n) is 6.07. The Balaban J connectivity index is 1.57. The van der Waals surface area contributed by atoms with Gasteiger partial charge in [0.15, 0.2) is 11.6 Å². The summed E-state index contributed by atoms with van der Waals surface area (Å²) in [6.45, 7) is 1.76. The Labute approximate surface area is 178 Å². The predicted molar refractivity (Wildman–Crippen MR) is 117 cm³/mol. The second-order valence-electron chi connectivity index (χ2n) is 8.04. The number of hydrogen-bond donors (Lipinski definition) is 0. The zero-order chi connectivity index (χ0) is 21.3. The van der Waals surface area contributed by atoms with Crippen LogP contribution < -0.4 is 4.74 Å². The van der Waals surface area contributed by atoms with Crippen LogP contribution in [-0.4, -0.2) is 13.3 Å². The van der Waals surface area contributed by atoms with Crippen LogP contribution in [0.25, 0.3) is 11.1 Å². The lowest BCUT2D eigenvalue weighted by Crippen LogP contribution is -2.13. The molecule has 4 heteroatoms. The highest BCUT2D eigenvalue weighted by Gasteiger charge is 2.22. The van der Waals surface area contributed by atoms with Crippen molar-refractivity contribution in [3.05, 3.63) is 65.7 Å². The Bertz CT molecular complexity index is 821. The Morgan fingerprint density at radius 2 is 1.60 bits per heavy atom. The molecule has 3 rings (SSSR count). The fourth-order valence-electron chi connectivity index (χ4n) is 4.37. The SMILES string of the molecule is CCOc1ccc(-c2ccc(C3CCC(CC/C=C/CCF)CC3)cc2)c(F)c1F. The summed E-state index contributed by atoms with van der Waals surface area (Å²) in [5.41, 5.74) is 2.20. The molecule has 1 saturated carbocycles. The van der Waals surface area contributed by atoms with Crippen molar-refractivity contribution in [1.82, 2.24) is 0 Å². The van der Waals surface area contributed by atoms with Crippen molar-refractivity contribution in [2.75, 3.05) is 13.3 Å². The first kappa shape index (κ1) is 22.5. The van der Waals surface area contributed by atoms with E-state index in [-0.39, 0.29) is 18.0 Å². The molecule has 2 aromatic carbocycles. The average Bonchev–Trinajstić information content (AvgIpc) is 2.78. The minimum absolute atomic E-state index is 0.0509. The molecular weight excluding hydrogens is 385 g/mol. The van der Waals surface area contributed by atoms with Crippen LogP contribution in [0.15, 0.2) is 48.6 Å². The maximum Gasteiger partial charge on any atom is 0.201 e. The smallest absolute Gasteiger partial charge is 0.201 e. The van der Waals surface area contributed by atoms with Gasteiger partial charge in [0.1, 0.15) is 0 Å². The molecule has 2 aromatic rings. The molecule has 0 amide bonds. The van der Waals surface area contributed by atoms with E-state index in [1.54, 1.807) is 13.0 Å². The van der Waals surface area contributed by atoms with Gasteiger partial charge in [-0.15, -0.1) is 0 Å². The van der Waals surface area contributed by atoms with E-state index in [1.807, 2.05) is 30.3 Å². The second-order valence-corrected chi connectivity index (χ2v) is 8.04. The first-order chi connectivity index (χ1) is 14.6. The van der Waals surface area contributed by atoms with Crippen molar-refractivity contribution in [2.45, 2.75) is 57.8 Å². The molecule has 30 heavy (non-hydrogen) atoms. The fourth-order valence-corrected chi connectivity index (χ4v) is 4.37. The van der Waals surface area contributed by atoms with Crippen molar-refractivity contribution in [3.8, 4) is 16.9 Å². The molecule has 0 bridgehead atoms. The van der Waals surface area contributed by atoms with Crippen LogP contribution in [0.4, 0.5) is 13.2 Å². The molecule has 0 heterocycles. The minimum Gasteiger partial charge on any atom is -0.491 e. The topological polar surface area (TPSA) is 9.23 Å². The first-order valence-corrected chi connectivity index (χ1v) is 11.1. The molecule has 0 spiro atoms. The largest absolute Gasteiger partial charge is 0.491 e. The van der Waals surface area contributed by atoms with Crippen molar-refractivity contribution in [3.63, 3.8) is 0 Å². The number of alkyl halides is 1. The van der Waals surface area contributed by atoms with Gasteiger partial charge in [-0.05, 0) is 87.0 Å². The molecular formula is C26H31F3O. The van der Waals surface area contributed by atoms with E-state index in [0.717, 1.165) is 25.2 Å². The Morgan fingerprint density at radius 1 is 0.900 bits per heavy atom. The summed E-state index contributed by atoms with van der Waals surface area (Å²) in [5, 5.41) is 0. The normalized spacial score (nSPS) is 19.3. The monoisotopic (exact) mass is 416 g/mol. The van der Waals surface area contributed by atoms with Gasteiger partial charge in [0.2, 0.25) is 5.82 Å². The molecule has 1 aliphatic rings. The summed E-state index contributed by atoms with van der Waals surface area (Å²) in [5.74, 6) is -0.577. The fraction of sp³-hybridized carbons (Fsp3) is 0.462. The highest BCUT2D eigenvalue weighted by atomic mass is 19.2. The lowest BCUT2D eigenvalue weighted by molar-refractivity contribution is 0.312. The molecule has 0 unspecified atom stereocenters. The van der Waals surface area contributed by atoms with Crippen molar-refractivity contribution in [2.24, 2.45) is 5.92 Å². The molecule has 0 aromatic heterocycles. The zero-order valence-corrected chi connectivity index (χ0v) is 17.7. The van der Waals surface area contributed by atoms with Crippen molar-refractivity contribution < 1.29 is 17.9 Å². The van der Waals surface area contributed by atoms with E-state index in [9.17, 15) is 13.2 Å². The minimum atomic E-state index is -0.934. The van der Waals surface area contributed by atoms with Crippen LogP contribution in [0.2, 0.25) is 0 Å². The van der Waals surface area contributed by atoms with E-state index in [1.165, 1.54) is 30.9 Å². The Morgan fingerprint density at radius 3 is 2.27 bits per heavy atom. The number of rotatable bonds is 9. The molecule has 162 valence electrons. The molecule has 0 radical (unpaired) electrons.